The highest BCUT2D eigenvalue weighted by atomic mass is 35.5. The van der Waals surface area contributed by atoms with Gasteiger partial charge in [0.25, 0.3) is 5.92 Å². The van der Waals surface area contributed by atoms with E-state index in [-0.39, 0.29) is 41.7 Å². The summed E-state index contributed by atoms with van der Waals surface area (Å²) in [5.41, 5.74) is 0.658. The second kappa shape index (κ2) is 8.47. The van der Waals surface area contributed by atoms with Crippen molar-refractivity contribution in [2.45, 2.75) is 18.8 Å². The van der Waals surface area contributed by atoms with Crippen molar-refractivity contribution in [3.05, 3.63) is 41.1 Å². The Kier molecular flexibility index (Phi) is 6.19. The van der Waals surface area contributed by atoms with Crippen molar-refractivity contribution in [1.82, 2.24) is 9.78 Å². The normalized spacial score (nSPS) is 18.1. The van der Waals surface area contributed by atoms with Gasteiger partial charge < -0.3 is 5.21 Å². The molecule has 2 unspecified atom stereocenters. The van der Waals surface area contributed by atoms with Crippen LogP contribution in [0.3, 0.4) is 0 Å². The quantitative estimate of drug-likeness (QED) is 0.355. The molecule has 0 N–H and O–H groups in total. The fourth-order valence-electron chi connectivity index (χ4n) is 2.73. The number of pyridine rings is 1. The molecule has 2 aromatic rings. The molecule has 2 atom stereocenters. The fourth-order valence-corrected chi connectivity index (χ4v) is 4.34. The maximum Gasteiger partial charge on any atom is 0.252 e. The second-order valence-corrected chi connectivity index (χ2v) is 8.56. The van der Waals surface area contributed by atoms with E-state index in [9.17, 15) is 23.0 Å². The third-order valence-electron chi connectivity index (χ3n) is 4.40. The van der Waals surface area contributed by atoms with Gasteiger partial charge >= 0.3 is 0 Å². The molecule has 0 saturated heterocycles. The monoisotopic (exact) mass is 442 g/mol. The zero-order valence-corrected chi connectivity index (χ0v) is 16.7. The molecule has 0 radical (unpaired) electrons. The van der Waals surface area contributed by atoms with Crippen molar-refractivity contribution in [3.8, 4) is 18.0 Å². The summed E-state index contributed by atoms with van der Waals surface area (Å²) in [6, 6.07) is 3.16. The van der Waals surface area contributed by atoms with Crippen molar-refractivity contribution < 1.29 is 22.5 Å². The van der Waals surface area contributed by atoms with Crippen LogP contribution in [0.25, 0.3) is 5.69 Å². The van der Waals surface area contributed by atoms with Crippen molar-refractivity contribution in [3.63, 3.8) is 0 Å². The van der Waals surface area contributed by atoms with E-state index in [0.717, 1.165) is 0 Å². The lowest BCUT2D eigenvalue weighted by Gasteiger charge is -2.18. The van der Waals surface area contributed by atoms with Crippen LogP contribution in [0.4, 0.5) is 14.5 Å². The number of halogens is 3. The Morgan fingerprint density at radius 3 is 2.93 bits per heavy atom. The predicted molar refractivity (Wildman–Crippen MR) is 104 cm³/mol. The fraction of sp³-hybridized carbons (Fsp3) is 0.389. The van der Waals surface area contributed by atoms with Crippen LogP contribution in [0, 0.1) is 23.5 Å². The Hall–Kier alpha value is -2.51. The lowest BCUT2D eigenvalue weighted by Crippen LogP contribution is -2.32. The zero-order chi connectivity index (χ0) is 21.2. The molecular formula is C18H17ClF2N4O3S. The summed E-state index contributed by atoms with van der Waals surface area (Å²) in [5.74, 6) is -1.89. The highest BCUT2D eigenvalue weighted by molar-refractivity contribution is 7.85. The van der Waals surface area contributed by atoms with Crippen LogP contribution in [0.2, 0.25) is 5.15 Å². The number of alkyl halides is 2. The average molecular weight is 443 g/mol. The summed E-state index contributed by atoms with van der Waals surface area (Å²) in [4.78, 5) is 13.8. The van der Waals surface area contributed by atoms with Crippen molar-refractivity contribution in [2.24, 2.45) is 5.92 Å². The van der Waals surface area contributed by atoms with Crippen LogP contribution in [0.15, 0.2) is 30.7 Å². The molecular weight excluding hydrogens is 426 g/mol. The average Bonchev–Trinajstić information content (AvgIpc) is 3.07. The van der Waals surface area contributed by atoms with Gasteiger partial charge in [-0.3, -0.25) is 13.9 Å². The number of nitrogens with zero attached hydrogens (tertiary/aromatic N) is 4. The van der Waals surface area contributed by atoms with E-state index in [0.29, 0.717) is 10.4 Å². The Labute approximate surface area is 173 Å². The van der Waals surface area contributed by atoms with Crippen molar-refractivity contribution in [1.29, 1.82) is 0 Å². The summed E-state index contributed by atoms with van der Waals surface area (Å²) in [6.45, 7) is -0.103. The van der Waals surface area contributed by atoms with E-state index < -0.39 is 28.5 Å². The molecule has 1 fully saturated rings. The van der Waals surface area contributed by atoms with Crippen molar-refractivity contribution in [2.75, 3.05) is 23.0 Å². The number of rotatable bonds is 8. The summed E-state index contributed by atoms with van der Waals surface area (Å²) in [6.07, 6.45) is 8.99. The molecule has 2 aromatic heterocycles. The van der Waals surface area contributed by atoms with Crippen LogP contribution < -0.4 is 9.63 Å². The molecule has 11 heteroatoms. The van der Waals surface area contributed by atoms with Gasteiger partial charge in [-0.2, -0.15) is 9.83 Å². The number of amides is 1. The molecule has 1 saturated carbocycles. The molecule has 154 valence electrons. The van der Waals surface area contributed by atoms with Crippen LogP contribution >= 0.6 is 11.6 Å². The number of anilines is 1. The third kappa shape index (κ3) is 5.10. The van der Waals surface area contributed by atoms with Gasteiger partial charge in [-0.1, -0.05) is 17.5 Å². The summed E-state index contributed by atoms with van der Waals surface area (Å²) < 4.78 is 39.8. The van der Waals surface area contributed by atoms with Gasteiger partial charge in [-0.25, -0.2) is 13.5 Å². The number of carbonyl (C=O) groups excluding carboxylic acids is 1. The van der Waals surface area contributed by atoms with Crippen LogP contribution in [-0.2, 0) is 15.6 Å². The van der Waals surface area contributed by atoms with E-state index >= 15 is 0 Å². The SMILES string of the molecule is C#CCN(C(=O)CCS(=O)CC1CC1(F)F)c1cn(-c2ccc[n+]([O-])c2)nc1Cl. The first-order chi connectivity index (χ1) is 13.7. The number of aromatic nitrogens is 3. The molecule has 29 heavy (non-hydrogen) atoms. The largest absolute Gasteiger partial charge is 0.619 e. The van der Waals surface area contributed by atoms with Gasteiger partial charge in [-0.05, 0) is 6.07 Å². The van der Waals surface area contributed by atoms with Gasteiger partial charge in [0, 0.05) is 47.1 Å². The van der Waals surface area contributed by atoms with Crippen LogP contribution in [-0.4, -0.2) is 43.9 Å². The highest BCUT2D eigenvalue weighted by Gasteiger charge is 2.57. The Morgan fingerprint density at radius 2 is 2.31 bits per heavy atom. The van der Waals surface area contributed by atoms with E-state index in [4.69, 9.17) is 18.0 Å². The Balaban J connectivity index is 1.69. The van der Waals surface area contributed by atoms with E-state index in [1.165, 1.54) is 34.2 Å². The summed E-state index contributed by atoms with van der Waals surface area (Å²) in [7, 11) is -1.53. The van der Waals surface area contributed by atoms with Crippen LogP contribution in [0.1, 0.15) is 12.8 Å². The summed E-state index contributed by atoms with van der Waals surface area (Å²) in [5, 5.41) is 15.5. The topological polar surface area (TPSA) is 82.1 Å². The van der Waals surface area contributed by atoms with Gasteiger partial charge in [0.2, 0.25) is 12.1 Å². The third-order valence-corrected chi connectivity index (χ3v) is 6.11. The lowest BCUT2D eigenvalue weighted by molar-refractivity contribution is -0.605. The molecule has 0 spiro atoms. The van der Waals surface area contributed by atoms with Gasteiger partial charge in [0.15, 0.2) is 11.3 Å². The molecule has 1 amide bonds. The lowest BCUT2D eigenvalue weighted by atomic mass is 10.3. The first kappa shape index (κ1) is 21.2. The first-order valence-corrected chi connectivity index (χ1v) is 10.5. The number of carbonyl (C=O) groups is 1. The van der Waals surface area contributed by atoms with E-state index in [1.54, 1.807) is 6.07 Å². The molecule has 0 bridgehead atoms. The number of hydrogen-bond acceptors (Lipinski definition) is 4. The minimum atomic E-state index is -2.74. The van der Waals surface area contributed by atoms with Gasteiger partial charge in [0.1, 0.15) is 11.4 Å². The van der Waals surface area contributed by atoms with Crippen LogP contribution in [0.5, 0.6) is 0 Å². The second-order valence-electron chi connectivity index (χ2n) is 6.58. The molecule has 1 aliphatic carbocycles. The van der Waals surface area contributed by atoms with E-state index in [1.807, 2.05) is 0 Å². The molecule has 0 aromatic carbocycles. The Bertz CT molecular complexity index is 992. The van der Waals surface area contributed by atoms with Crippen molar-refractivity contribution >= 4 is 34.0 Å². The standard InChI is InChI=1S/C18H17ClF2N4O3S/c1-2-6-24(16(26)5-8-29(28)12-13-9-18(13,20)21)15-11-25(22-17(15)19)14-4-3-7-23(27)10-14/h1,3-4,7,10-11,13H,5-6,8-9,12H2. The first-order valence-electron chi connectivity index (χ1n) is 8.62. The summed E-state index contributed by atoms with van der Waals surface area (Å²) >= 11 is 6.16. The Morgan fingerprint density at radius 1 is 1.59 bits per heavy atom. The minimum absolute atomic E-state index is 0.00588. The molecule has 2 heterocycles. The van der Waals surface area contributed by atoms with Gasteiger partial charge in [0.05, 0.1) is 12.7 Å². The maximum absolute atomic E-state index is 12.9. The maximum atomic E-state index is 12.9. The number of terminal acetylenes is 1. The van der Waals surface area contributed by atoms with E-state index in [2.05, 4.69) is 11.0 Å². The zero-order valence-electron chi connectivity index (χ0n) is 15.1. The molecule has 7 nitrogen and oxygen atoms in total. The smallest absolute Gasteiger partial charge is 0.252 e. The molecule has 0 aliphatic heterocycles. The number of hydrogen-bond donors (Lipinski definition) is 0. The molecule has 1 aliphatic rings. The highest BCUT2D eigenvalue weighted by Crippen LogP contribution is 2.48. The molecule has 3 rings (SSSR count). The van der Waals surface area contributed by atoms with Gasteiger partial charge in [-0.15, -0.1) is 6.42 Å². The minimum Gasteiger partial charge on any atom is -0.619 e. The predicted octanol–water partition coefficient (Wildman–Crippen LogP) is 1.92.